The quantitative estimate of drug-likeness (QED) is 0.440. The molecule has 0 aliphatic heterocycles. The van der Waals surface area contributed by atoms with Gasteiger partial charge in [0.05, 0.1) is 6.61 Å². The molecule has 0 aliphatic rings. The van der Waals surface area contributed by atoms with Crippen LogP contribution in [0.2, 0.25) is 0 Å². The van der Waals surface area contributed by atoms with Crippen molar-refractivity contribution in [1.82, 2.24) is 10.6 Å². The average molecular weight is 309 g/mol. The first-order chi connectivity index (χ1) is 10.2. The maximum atomic E-state index is 5.68. The number of hydrogen-bond acceptors (Lipinski definition) is 3. The molecule has 1 aromatic carbocycles. The van der Waals surface area contributed by atoms with Gasteiger partial charge in [0.25, 0.3) is 0 Å². The van der Waals surface area contributed by atoms with Gasteiger partial charge in [-0.15, -0.1) is 0 Å². The van der Waals surface area contributed by atoms with Crippen LogP contribution in [0.1, 0.15) is 19.4 Å². The van der Waals surface area contributed by atoms with Crippen LogP contribution in [0.5, 0.6) is 5.75 Å². The fraction of sp³-hybridized carbons (Fsp3) is 0.562. The second-order valence-electron chi connectivity index (χ2n) is 5.19. The third kappa shape index (κ3) is 7.85. The number of benzene rings is 1. The summed E-state index contributed by atoms with van der Waals surface area (Å²) >= 11 is 1.82. The van der Waals surface area contributed by atoms with Crippen LogP contribution in [0.25, 0.3) is 0 Å². The molecule has 0 aromatic heterocycles. The van der Waals surface area contributed by atoms with E-state index in [9.17, 15) is 0 Å². The normalized spacial score (nSPS) is 11.6. The summed E-state index contributed by atoms with van der Waals surface area (Å²) < 4.78 is 5.68. The van der Waals surface area contributed by atoms with E-state index in [1.807, 2.05) is 23.9 Å². The lowest BCUT2D eigenvalue weighted by Crippen LogP contribution is -2.37. The van der Waals surface area contributed by atoms with Gasteiger partial charge >= 0.3 is 0 Å². The molecule has 0 unspecified atom stereocenters. The Morgan fingerprint density at radius 3 is 2.52 bits per heavy atom. The summed E-state index contributed by atoms with van der Waals surface area (Å²) in [7, 11) is 1.79. The molecule has 0 bridgehead atoms. The molecule has 0 aliphatic carbocycles. The van der Waals surface area contributed by atoms with E-state index < -0.39 is 0 Å². The Morgan fingerprint density at radius 2 is 1.95 bits per heavy atom. The lowest BCUT2D eigenvalue weighted by Gasteiger charge is -2.12. The van der Waals surface area contributed by atoms with Gasteiger partial charge in [0.15, 0.2) is 5.96 Å². The molecule has 0 atom stereocenters. The molecule has 0 amide bonds. The molecule has 0 spiro atoms. The van der Waals surface area contributed by atoms with E-state index in [0.717, 1.165) is 37.2 Å². The fourth-order valence-electron chi connectivity index (χ4n) is 1.64. The number of ether oxygens (including phenoxy) is 1. The van der Waals surface area contributed by atoms with Crippen molar-refractivity contribution in [3.05, 3.63) is 29.8 Å². The Hall–Kier alpha value is -1.36. The van der Waals surface area contributed by atoms with E-state index in [0.29, 0.717) is 5.92 Å². The van der Waals surface area contributed by atoms with Crippen LogP contribution >= 0.6 is 11.8 Å². The van der Waals surface area contributed by atoms with E-state index in [1.165, 1.54) is 5.56 Å². The molecule has 2 N–H and O–H groups in total. The van der Waals surface area contributed by atoms with Crippen molar-refractivity contribution in [2.75, 3.05) is 32.2 Å². The number of hydrogen-bond donors (Lipinski definition) is 2. The molecule has 0 fully saturated rings. The topological polar surface area (TPSA) is 45.7 Å². The Labute approximate surface area is 132 Å². The molecule has 0 radical (unpaired) electrons. The van der Waals surface area contributed by atoms with Gasteiger partial charge in [-0.25, -0.2) is 0 Å². The van der Waals surface area contributed by atoms with Crippen LogP contribution in [-0.4, -0.2) is 38.2 Å². The standard InChI is InChI=1S/C16H27N3OS/c1-13(2)12-20-15-7-5-14(6-8-15)11-19-16(17-3)18-9-10-21-4/h5-8,13H,9-12H2,1-4H3,(H2,17,18,19). The highest BCUT2D eigenvalue weighted by Crippen LogP contribution is 2.13. The molecule has 0 saturated heterocycles. The highest BCUT2D eigenvalue weighted by Gasteiger charge is 2.00. The number of nitrogens with zero attached hydrogens (tertiary/aromatic N) is 1. The first-order valence-electron chi connectivity index (χ1n) is 7.31. The SMILES string of the molecule is CN=C(NCCSC)NCc1ccc(OCC(C)C)cc1. The van der Waals surface area contributed by atoms with E-state index in [-0.39, 0.29) is 0 Å². The van der Waals surface area contributed by atoms with Crippen LogP contribution in [0.3, 0.4) is 0 Å². The molecule has 1 aromatic rings. The summed E-state index contributed by atoms with van der Waals surface area (Å²) in [6.07, 6.45) is 2.10. The molecule has 21 heavy (non-hydrogen) atoms. The summed E-state index contributed by atoms with van der Waals surface area (Å²) in [6, 6.07) is 8.20. The predicted molar refractivity (Wildman–Crippen MR) is 93.4 cm³/mol. The first kappa shape index (κ1) is 17.7. The van der Waals surface area contributed by atoms with Gasteiger partial charge in [-0.1, -0.05) is 26.0 Å². The average Bonchev–Trinajstić information content (AvgIpc) is 2.49. The largest absolute Gasteiger partial charge is 0.493 e. The van der Waals surface area contributed by atoms with Crippen LogP contribution in [0, 0.1) is 5.92 Å². The number of nitrogens with one attached hydrogen (secondary N) is 2. The van der Waals surface area contributed by atoms with Gasteiger partial charge in [-0.2, -0.15) is 11.8 Å². The number of guanidine groups is 1. The monoisotopic (exact) mass is 309 g/mol. The van der Waals surface area contributed by atoms with Crippen molar-refractivity contribution in [2.45, 2.75) is 20.4 Å². The van der Waals surface area contributed by atoms with E-state index >= 15 is 0 Å². The molecule has 0 heterocycles. The van der Waals surface area contributed by atoms with Crippen molar-refractivity contribution in [2.24, 2.45) is 10.9 Å². The third-order valence-electron chi connectivity index (χ3n) is 2.79. The molecule has 0 saturated carbocycles. The van der Waals surface area contributed by atoms with Crippen molar-refractivity contribution in [3.8, 4) is 5.75 Å². The first-order valence-corrected chi connectivity index (χ1v) is 8.70. The zero-order valence-corrected chi connectivity index (χ0v) is 14.3. The Bertz CT molecular complexity index is 418. The third-order valence-corrected chi connectivity index (χ3v) is 3.40. The lowest BCUT2D eigenvalue weighted by atomic mass is 10.2. The smallest absolute Gasteiger partial charge is 0.191 e. The van der Waals surface area contributed by atoms with Crippen LogP contribution in [-0.2, 0) is 6.54 Å². The number of thioether (sulfide) groups is 1. The van der Waals surface area contributed by atoms with Crippen LogP contribution in [0.4, 0.5) is 0 Å². The minimum absolute atomic E-state index is 0.544. The van der Waals surface area contributed by atoms with Gasteiger partial charge in [0.2, 0.25) is 0 Å². The molecular weight excluding hydrogens is 282 g/mol. The van der Waals surface area contributed by atoms with Crippen molar-refractivity contribution < 1.29 is 4.74 Å². The van der Waals surface area contributed by atoms with E-state index in [1.54, 1.807) is 7.05 Å². The Morgan fingerprint density at radius 1 is 1.24 bits per heavy atom. The number of rotatable bonds is 8. The van der Waals surface area contributed by atoms with Crippen molar-refractivity contribution >= 4 is 17.7 Å². The van der Waals surface area contributed by atoms with E-state index in [2.05, 4.69) is 47.9 Å². The Kier molecular flexibility index (Phi) is 8.74. The molecule has 5 heteroatoms. The summed E-state index contributed by atoms with van der Waals surface area (Å²) in [5.74, 6) is 3.38. The van der Waals surface area contributed by atoms with E-state index in [4.69, 9.17) is 4.74 Å². The van der Waals surface area contributed by atoms with Gasteiger partial charge < -0.3 is 15.4 Å². The maximum Gasteiger partial charge on any atom is 0.191 e. The highest BCUT2D eigenvalue weighted by molar-refractivity contribution is 7.98. The minimum atomic E-state index is 0.544. The summed E-state index contributed by atoms with van der Waals surface area (Å²) in [5, 5.41) is 6.58. The van der Waals surface area contributed by atoms with Crippen LogP contribution < -0.4 is 15.4 Å². The predicted octanol–water partition coefficient (Wildman–Crippen LogP) is 2.75. The lowest BCUT2D eigenvalue weighted by molar-refractivity contribution is 0.271. The van der Waals surface area contributed by atoms with Gasteiger partial charge in [-0.3, -0.25) is 4.99 Å². The second-order valence-corrected chi connectivity index (χ2v) is 6.18. The molecule has 4 nitrogen and oxygen atoms in total. The number of aliphatic imine (C=N–C) groups is 1. The maximum absolute atomic E-state index is 5.68. The van der Waals surface area contributed by atoms with Gasteiger partial charge in [0, 0.05) is 25.9 Å². The minimum Gasteiger partial charge on any atom is -0.493 e. The van der Waals surface area contributed by atoms with Gasteiger partial charge in [-0.05, 0) is 29.9 Å². The molecule has 118 valence electrons. The Balaban J connectivity index is 2.37. The summed E-state index contributed by atoms with van der Waals surface area (Å²) in [4.78, 5) is 4.20. The second kappa shape index (κ2) is 10.4. The summed E-state index contributed by atoms with van der Waals surface area (Å²) in [6.45, 7) is 6.72. The zero-order chi connectivity index (χ0) is 15.5. The van der Waals surface area contributed by atoms with Gasteiger partial charge in [0.1, 0.15) is 5.75 Å². The molecular formula is C16H27N3OS. The van der Waals surface area contributed by atoms with Crippen LogP contribution in [0.15, 0.2) is 29.3 Å². The highest BCUT2D eigenvalue weighted by atomic mass is 32.2. The van der Waals surface area contributed by atoms with Crippen molar-refractivity contribution in [1.29, 1.82) is 0 Å². The molecule has 1 rings (SSSR count). The summed E-state index contributed by atoms with van der Waals surface area (Å²) in [5.41, 5.74) is 1.21. The fourth-order valence-corrected chi connectivity index (χ4v) is 1.95. The zero-order valence-electron chi connectivity index (χ0n) is 13.5. The van der Waals surface area contributed by atoms with Crippen molar-refractivity contribution in [3.63, 3.8) is 0 Å².